The molecule has 0 aliphatic carbocycles. The van der Waals surface area contributed by atoms with Gasteiger partial charge in [0.2, 0.25) is 0 Å². The van der Waals surface area contributed by atoms with Crippen LogP contribution in [-0.2, 0) is 0 Å². The number of hydrogen-bond acceptors (Lipinski definition) is 1. The van der Waals surface area contributed by atoms with Gasteiger partial charge in [-0.25, -0.2) is 0 Å². The zero-order valence-electron chi connectivity index (χ0n) is 41.6. The molecule has 0 unspecified atom stereocenters. The second-order valence-corrected chi connectivity index (χ2v) is 12.4. The van der Waals surface area contributed by atoms with Gasteiger partial charge in [0.25, 0.3) is 0 Å². The van der Waals surface area contributed by atoms with Gasteiger partial charge in [0, 0.05) is 16.2 Å². The zero-order valence-corrected chi connectivity index (χ0v) is 26.6. The molecule has 0 fully saturated rings. The molecule has 0 aliphatic heterocycles. The van der Waals surface area contributed by atoms with Crippen molar-refractivity contribution in [1.29, 1.82) is 0 Å². The molecule has 1 aromatic heterocycles. The SMILES string of the molecule is [2H]c1c([2H])c([2H])c2c([2H])c(-c3c4c([2H])c([2H])c([2H])c([2H])c4c(-c4ccc5ccccc5c4-c4cccc5oc6c7ccccc7ccc6c45)c4c([2H])c([2H])c([2H])c([2H])c34)c([2H])c([2H])c2c1[2H]. The van der Waals surface area contributed by atoms with Gasteiger partial charge < -0.3 is 4.42 Å². The van der Waals surface area contributed by atoms with Crippen molar-refractivity contribution in [3.05, 3.63) is 182 Å². The van der Waals surface area contributed by atoms with Gasteiger partial charge in [0.15, 0.2) is 0 Å². The van der Waals surface area contributed by atoms with Crippen LogP contribution in [-0.4, -0.2) is 0 Å². The molecule has 51 heavy (non-hydrogen) atoms. The minimum absolute atomic E-state index is 0.0191. The summed E-state index contributed by atoms with van der Waals surface area (Å²) in [6.45, 7) is 0. The summed E-state index contributed by atoms with van der Waals surface area (Å²) in [4.78, 5) is 0. The molecule has 11 aromatic rings. The van der Waals surface area contributed by atoms with E-state index in [1.165, 1.54) is 0 Å². The topological polar surface area (TPSA) is 13.1 Å². The number of rotatable bonds is 3. The third-order valence-corrected chi connectivity index (χ3v) is 9.73. The summed E-state index contributed by atoms with van der Waals surface area (Å²) in [5, 5.41) is 3.01. The Kier molecular flexibility index (Phi) is 3.70. The second-order valence-electron chi connectivity index (χ2n) is 12.4. The summed E-state index contributed by atoms with van der Waals surface area (Å²) >= 11 is 0. The largest absolute Gasteiger partial charge is 0.455 e. The van der Waals surface area contributed by atoms with E-state index in [-0.39, 0.29) is 32.7 Å². The molecule has 0 aliphatic rings. The lowest BCUT2D eigenvalue weighted by Gasteiger charge is -2.21. The molecule has 11 rings (SSSR count). The molecule has 0 atom stereocenters. The van der Waals surface area contributed by atoms with Gasteiger partial charge in [-0.05, 0) is 100 Å². The van der Waals surface area contributed by atoms with Crippen molar-refractivity contribution in [3.8, 4) is 33.4 Å². The van der Waals surface area contributed by atoms with Crippen molar-refractivity contribution in [2.75, 3.05) is 0 Å². The molecule has 0 spiro atoms. The fourth-order valence-corrected chi connectivity index (χ4v) is 7.58. The Hall–Kier alpha value is -6.70. The van der Waals surface area contributed by atoms with Gasteiger partial charge in [-0.3, -0.25) is 0 Å². The average molecular weight is 662 g/mol. The molecule has 1 heteroatoms. The minimum atomic E-state index is -0.745. The maximum Gasteiger partial charge on any atom is 0.143 e. The fraction of sp³-hybridized carbons (Fsp3) is 0. The van der Waals surface area contributed by atoms with Gasteiger partial charge in [-0.15, -0.1) is 0 Å². The highest BCUT2D eigenvalue weighted by atomic mass is 16.3. The Morgan fingerprint density at radius 1 is 0.373 bits per heavy atom. The maximum atomic E-state index is 9.67. The first-order valence-corrected chi connectivity index (χ1v) is 16.4. The highest BCUT2D eigenvalue weighted by Gasteiger charge is 2.23. The van der Waals surface area contributed by atoms with E-state index in [9.17, 15) is 8.22 Å². The van der Waals surface area contributed by atoms with E-state index < -0.39 is 107 Å². The lowest BCUT2D eigenvalue weighted by molar-refractivity contribution is 0.673. The predicted octanol–water partition coefficient (Wildman–Crippen LogP) is 14.4. The van der Waals surface area contributed by atoms with E-state index in [2.05, 4.69) is 0 Å². The van der Waals surface area contributed by atoms with Crippen LogP contribution in [0.1, 0.15) is 20.6 Å². The van der Waals surface area contributed by atoms with Gasteiger partial charge in [0.1, 0.15) is 11.2 Å². The molecule has 1 heterocycles. The molecule has 10 aromatic carbocycles. The van der Waals surface area contributed by atoms with Crippen LogP contribution in [0.3, 0.4) is 0 Å². The van der Waals surface area contributed by atoms with E-state index in [4.69, 9.17) is 16.8 Å². The summed E-state index contributed by atoms with van der Waals surface area (Å²) in [5.74, 6) is 0. The Bertz CT molecular complexity index is 3980. The van der Waals surface area contributed by atoms with Crippen molar-refractivity contribution in [2.45, 2.75) is 0 Å². The van der Waals surface area contributed by atoms with E-state index >= 15 is 0 Å². The lowest BCUT2D eigenvalue weighted by Crippen LogP contribution is -1.94. The highest BCUT2D eigenvalue weighted by molar-refractivity contribution is 6.26. The third kappa shape index (κ3) is 4.16. The summed E-state index contributed by atoms with van der Waals surface area (Å²) in [6, 6.07) is 18.4. The third-order valence-electron chi connectivity index (χ3n) is 9.73. The van der Waals surface area contributed by atoms with Crippen LogP contribution in [0.25, 0.3) is 109 Å². The average Bonchev–Trinajstić information content (AvgIpc) is 3.72. The molecular weight excluding hydrogens is 617 g/mol. The predicted molar refractivity (Wildman–Crippen MR) is 218 cm³/mol. The smallest absolute Gasteiger partial charge is 0.143 e. The quantitative estimate of drug-likeness (QED) is 0.172. The molecule has 0 radical (unpaired) electrons. The first-order chi connectivity index (χ1) is 31.6. The molecular formula is C50H30O. The fourth-order valence-electron chi connectivity index (χ4n) is 7.58. The molecule has 0 bridgehead atoms. The van der Waals surface area contributed by atoms with Crippen LogP contribution in [0.15, 0.2) is 186 Å². The normalized spacial score (nSPS) is 16.0. The zero-order chi connectivity index (χ0) is 46.5. The van der Waals surface area contributed by atoms with E-state index in [0.717, 1.165) is 26.9 Å². The highest BCUT2D eigenvalue weighted by Crippen LogP contribution is 2.50. The van der Waals surface area contributed by atoms with E-state index in [1.54, 1.807) is 6.07 Å². The first kappa shape index (κ1) is 17.3. The Morgan fingerprint density at radius 3 is 1.76 bits per heavy atom. The van der Waals surface area contributed by atoms with Crippen molar-refractivity contribution < 1.29 is 25.0 Å². The Balaban J connectivity index is 1.42. The van der Waals surface area contributed by atoms with Crippen LogP contribution in [0, 0.1) is 0 Å². The molecule has 0 amide bonds. The first-order valence-electron chi connectivity index (χ1n) is 23.9. The molecule has 0 N–H and O–H groups in total. The number of furan rings is 1. The van der Waals surface area contributed by atoms with Gasteiger partial charge in [-0.1, -0.05) is 163 Å². The van der Waals surface area contributed by atoms with Crippen LogP contribution in [0.5, 0.6) is 0 Å². The van der Waals surface area contributed by atoms with Crippen molar-refractivity contribution in [2.24, 2.45) is 0 Å². The monoisotopic (exact) mass is 661 g/mol. The molecule has 0 saturated heterocycles. The van der Waals surface area contributed by atoms with Gasteiger partial charge in [0.05, 0.1) is 20.6 Å². The van der Waals surface area contributed by atoms with Crippen molar-refractivity contribution >= 4 is 75.8 Å². The van der Waals surface area contributed by atoms with E-state index in [1.807, 2.05) is 84.9 Å². The standard InChI is InChI=1S/C50H30O/c1-2-15-34-30-35(25-24-31(34)12-1)46-38-18-7-9-20-40(38)48(41-21-10-8-19-39(41)46)43-28-26-32-13-3-5-16-36(32)47(43)42-22-11-23-45-49(42)44-29-27-33-14-4-6-17-37(33)50(44)51-45/h1-30H/i1D,2D,7D,8D,9D,10D,12D,15D,18D,19D,20D,21D,24D,25D,30D. The van der Waals surface area contributed by atoms with E-state index in [0.29, 0.717) is 33.2 Å². The Labute approximate surface area is 315 Å². The summed E-state index contributed by atoms with van der Waals surface area (Å²) in [6.07, 6.45) is 0. The summed E-state index contributed by atoms with van der Waals surface area (Å²) < 4.78 is 144. The van der Waals surface area contributed by atoms with Crippen LogP contribution in [0.4, 0.5) is 0 Å². The van der Waals surface area contributed by atoms with Crippen LogP contribution in [0.2, 0.25) is 0 Å². The Morgan fingerprint density at radius 2 is 1.00 bits per heavy atom. The van der Waals surface area contributed by atoms with Gasteiger partial charge in [-0.2, -0.15) is 0 Å². The number of benzene rings is 10. The van der Waals surface area contributed by atoms with Crippen LogP contribution < -0.4 is 0 Å². The summed E-state index contributed by atoms with van der Waals surface area (Å²) in [7, 11) is 0. The van der Waals surface area contributed by atoms with Crippen molar-refractivity contribution in [1.82, 2.24) is 0 Å². The molecule has 236 valence electrons. The molecule has 0 saturated carbocycles. The second kappa shape index (κ2) is 10.9. The molecule has 1 nitrogen and oxygen atoms in total. The van der Waals surface area contributed by atoms with Crippen molar-refractivity contribution in [3.63, 3.8) is 0 Å². The number of fused-ring (bicyclic) bond motifs is 9. The summed E-state index contributed by atoms with van der Waals surface area (Å²) in [5.41, 5.74) is 1.88. The number of hydrogen-bond donors (Lipinski definition) is 0. The van der Waals surface area contributed by atoms with Crippen LogP contribution >= 0.6 is 0 Å². The van der Waals surface area contributed by atoms with Gasteiger partial charge >= 0.3 is 0 Å². The maximum absolute atomic E-state index is 9.67. The lowest BCUT2D eigenvalue weighted by atomic mass is 9.81. The minimum Gasteiger partial charge on any atom is -0.455 e.